The molecule has 0 radical (unpaired) electrons. The van der Waals surface area contributed by atoms with E-state index in [1.807, 2.05) is 43.3 Å². The second-order valence-electron chi connectivity index (χ2n) is 6.30. The minimum Gasteiger partial charge on any atom is -0.244 e. The molecule has 5 nitrogen and oxygen atoms in total. The molecule has 0 bridgehead atoms. The zero-order chi connectivity index (χ0) is 18.6. The summed E-state index contributed by atoms with van der Waals surface area (Å²) in [5.74, 6) is 0. The van der Waals surface area contributed by atoms with Crippen LogP contribution in [0.15, 0.2) is 79.1 Å². The maximum absolute atomic E-state index is 12.9. The average Bonchev–Trinajstić information content (AvgIpc) is 3.37. The third-order valence-electron chi connectivity index (χ3n) is 4.55. The van der Waals surface area contributed by atoms with Gasteiger partial charge in [0.15, 0.2) is 0 Å². The molecule has 0 N–H and O–H groups in total. The molecule has 0 aliphatic carbocycles. The molecule has 2 aromatic heterocycles. The zero-order valence-corrected chi connectivity index (χ0v) is 15.1. The number of carbonyl (C=O) groups excluding carboxylic acids is 1. The van der Waals surface area contributed by atoms with Crippen LogP contribution in [-0.4, -0.2) is 25.6 Å². The number of aromatic nitrogens is 4. The molecule has 4 rings (SSSR count). The summed E-state index contributed by atoms with van der Waals surface area (Å²) in [7, 11) is 0. The van der Waals surface area contributed by atoms with Crippen LogP contribution in [0.1, 0.15) is 23.9 Å². The maximum Gasteiger partial charge on any atom is 0.369 e. The van der Waals surface area contributed by atoms with Crippen LogP contribution in [0.2, 0.25) is 0 Å². The van der Waals surface area contributed by atoms with Crippen LogP contribution < -0.4 is 0 Å². The van der Waals surface area contributed by atoms with E-state index in [9.17, 15) is 4.79 Å². The van der Waals surface area contributed by atoms with Gasteiger partial charge in [-0.3, -0.25) is 0 Å². The molecule has 2 heterocycles. The van der Waals surface area contributed by atoms with Crippen molar-refractivity contribution in [1.29, 1.82) is 0 Å². The Kier molecular flexibility index (Phi) is 4.66. The van der Waals surface area contributed by atoms with E-state index in [0.717, 1.165) is 28.1 Å². The molecule has 0 spiro atoms. The van der Waals surface area contributed by atoms with Crippen molar-refractivity contribution in [1.82, 2.24) is 19.6 Å². The molecule has 0 aliphatic heterocycles. The molecular formula is C22H20N4O. The number of rotatable bonds is 4. The monoisotopic (exact) mass is 356 g/mol. The summed E-state index contributed by atoms with van der Waals surface area (Å²) in [4.78, 5) is 12.9. The maximum atomic E-state index is 12.9. The first-order valence-corrected chi connectivity index (χ1v) is 9.02. The van der Waals surface area contributed by atoms with Crippen molar-refractivity contribution in [3.8, 4) is 11.1 Å². The summed E-state index contributed by atoms with van der Waals surface area (Å²) in [5, 5.41) is 8.78. The summed E-state index contributed by atoms with van der Waals surface area (Å²) in [6, 6.07) is 21.8. The Morgan fingerprint density at radius 3 is 2.30 bits per heavy atom. The standard InChI is InChI=1S/C22H20N4O/c1-2-20-21(18-12-7-4-8-13-18)19(16-17-10-5-3-6-11-17)24-26(20)22(27)25-15-9-14-23-25/h3-15H,2,16H2,1H3. The van der Waals surface area contributed by atoms with E-state index in [1.54, 1.807) is 18.5 Å². The lowest BCUT2D eigenvalue weighted by atomic mass is 9.98. The Labute approximate surface area is 157 Å². The summed E-state index contributed by atoms with van der Waals surface area (Å²) in [6.45, 7) is 2.04. The minimum absolute atomic E-state index is 0.270. The topological polar surface area (TPSA) is 52.7 Å². The van der Waals surface area contributed by atoms with E-state index < -0.39 is 0 Å². The average molecular weight is 356 g/mol. The molecule has 0 unspecified atom stereocenters. The van der Waals surface area contributed by atoms with Crippen LogP contribution in [0.5, 0.6) is 0 Å². The van der Waals surface area contributed by atoms with Crippen LogP contribution in [0.25, 0.3) is 11.1 Å². The van der Waals surface area contributed by atoms with Crippen LogP contribution in [0, 0.1) is 0 Å². The third-order valence-corrected chi connectivity index (χ3v) is 4.55. The summed E-state index contributed by atoms with van der Waals surface area (Å²) < 4.78 is 2.81. The lowest BCUT2D eigenvalue weighted by molar-refractivity contribution is 0.237. The summed E-state index contributed by atoms with van der Waals surface area (Å²) in [6.07, 6.45) is 4.59. The van der Waals surface area contributed by atoms with Gasteiger partial charge in [-0.25, -0.2) is 4.79 Å². The van der Waals surface area contributed by atoms with Crippen LogP contribution in [0.3, 0.4) is 0 Å². The highest BCUT2D eigenvalue weighted by Crippen LogP contribution is 2.30. The van der Waals surface area contributed by atoms with Crippen molar-refractivity contribution < 1.29 is 4.79 Å². The van der Waals surface area contributed by atoms with Gasteiger partial charge in [-0.1, -0.05) is 67.6 Å². The first-order valence-electron chi connectivity index (χ1n) is 9.02. The van der Waals surface area contributed by atoms with E-state index in [1.165, 1.54) is 9.36 Å². The fourth-order valence-corrected chi connectivity index (χ4v) is 3.32. The molecule has 0 saturated carbocycles. The number of hydrogen-bond acceptors (Lipinski definition) is 3. The highest BCUT2D eigenvalue weighted by molar-refractivity contribution is 5.82. The van der Waals surface area contributed by atoms with Crippen molar-refractivity contribution in [3.63, 3.8) is 0 Å². The fraction of sp³-hybridized carbons (Fsp3) is 0.136. The van der Waals surface area contributed by atoms with Gasteiger partial charge in [0.1, 0.15) is 0 Å². The molecule has 0 atom stereocenters. The second-order valence-corrected chi connectivity index (χ2v) is 6.30. The summed E-state index contributed by atoms with van der Waals surface area (Å²) in [5.41, 5.74) is 5.05. The number of nitrogens with zero attached hydrogens (tertiary/aromatic N) is 4. The lowest BCUT2D eigenvalue weighted by Crippen LogP contribution is -2.23. The number of benzene rings is 2. The molecule has 2 aromatic carbocycles. The zero-order valence-electron chi connectivity index (χ0n) is 15.1. The van der Waals surface area contributed by atoms with E-state index >= 15 is 0 Å². The quantitative estimate of drug-likeness (QED) is 0.544. The van der Waals surface area contributed by atoms with Gasteiger partial charge >= 0.3 is 6.03 Å². The molecule has 5 heteroatoms. The second kappa shape index (κ2) is 7.41. The Morgan fingerprint density at radius 1 is 0.963 bits per heavy atom. The van der Waals surface area contributed by atoms with Gasteiger partial charge < -0.3 is 0 Å². The van der Waals surface area contributed by atoms with Gasteiger partial charge in [0.2, 0.25) is 0 Å². The molecule has 0 aliphatic rings. The van der Waals surface area contributed by atoms with Gasteiger partial charge in [0.05, 0.1) is 11.4 Å². The van der Waals surface area contributed by atoms with Crippen molar-refractivity contribution >= 4 is 6.03 Å². The Hall–Kier alpha value is -3.47. The van der Waals surface area contributed by atoms with Gasteiger partial charge in [-0.05, 0) is 23.6 Å². The molecule has 27 heavy (non-hydrogen) atoms. The van der Waals surface area contributed by atoms with E-state index in [0.29, 0.717) is 12.8 Å². The third kappa shape index (κ3) is 3.31. The SMILES string of the molecule is CCc1c(-c2ccccc2)c(Cc2ccccc2)nn1C(=O)n1cccn1. The van der Waals surface area contributed by atoms with Crippen molar-refractivity contribution in [3.05, 3.63) is 96.1 Å². The Morgan fingerprint density at radius 2 is 1.67 bits per heavy atom. The molecular weight excluding hydrogens is 336 g/mol. The number of carbonyl (C=O) groups is 1. The molecule has 0 amide bonds. The largest absolute Gasteiger partial charge is 0.369 e. The smallest absolute Gasteiger partial charge is 0.244 e. The fourth-order valence-electron chi connectivity index (χ4n) is 3.32. The van der Waals surface area contributed by atoms with Crippen molar-refractivity contribution in [2.24, 2.45) is 0 Å². The van der Waals surface area contributed by atoms with Gasteiger partial charge in [-0.2, -0.15) is 19.6 Å². The van der Waals surface area contributed by atoms with E-state index in [-0.39, 0.29) is 6.03 Å². The molecule has 4 aromatic rings. The first-order chi connectivity index (χ1) is 13.3. The number of hydrogen-bond donors (Lipinski definition) is 0. The van der Waals surface area contributed by atoms with Gasteiger partial charge in [-0.15, -0.1) is 0 Å². The highest BCUT2D eigenvalue weighted by atomic mass is 16.2. The minimum atomic E-state index is -0.270. The van der Waals surface area contributed by atoms with Crippen molar-refractivity contribution in [2.45, 2.75) is 19.8 Å². The predicted octanol–water partition coefficient (Wildman–Crippen LogP) is 4.42. The molecule has 0 saturated heterocycles. The lowest BCUT2D eigenvalue weighted by Gasteiger charge is -2.07. The Bertz CT molecular complexity index is 1030. The van der Waals surface area contributed by atoms with E-state index in [4.69, 9.17) is 5.10 Å². The first kappa shape index (κ1) is 17.0. The van der Waals surface area contributed by atoms with Gasteiger partial charge in [0, 0.05) is 24.4 Å². The normalized spacial score (nSPS) is 10.9. The summed E-state index contributed by atoms with van der Waals surface area (Å²) >= 11 is 0. The highest BCUT2D eigenvalue weighted by Gasteiger charge is 2.23. The molecule has 0 fully saturated rings. The van der Waals surface area contributed by atoms with Crippen molar-refractivity contribution in [2.75, 3.05) is 0 Å². The predicted molar refractivity (Wildman–Crippen MR) is 105 cm³/mol. The molecule has 134 valence electrons. The van der Waals surface area contributed by atoms with Crippen LogP contribution in [-0.2, 0) is 12.8 Å². The Balaban J connectivity index is 1.87. The van der Waals surface area contributed by atoms with Crippen LogP contribution >= 0.6 is 0 Å². The van der Waals surface area contributed by atoms with E-state index in [2.05, 4.69) is 29.4 Å². The van der Waals surface area contributed by atoms with Gasteiger partial charge in [0.25, 0.3) is 0 Å². The van der Waals surface area contributed by atoms with Crippen LogP contribution in [0.4, 0.5) is 4.79 Å².